The fourth-order valence-electron chi connectivity index (χ4n) is 1.59. The minimum Gasteiger partial charge on any atom is -0.352 e. The second kappa shape index (κ2) is 8.57. The van der Waals surface area contributed by atoms with E-state index in [4.69, 9.17) is 5.73 Å². The second-order valence-corrected chi connectivity index (χ2v) is 5.03. The van der Waals surface area contributed by atoms with Crippen molar-refractivity contribution in [2.45, 2.75) is 71.9 Å². The zero-order valence-corrected chi connectivity index (χ0v) is 11.3. The number of nitrogens with two attached hydrogens (primary N) is 1. The summed E-state index contributed by atoms with van der Waals surface area (Å²) in [5.41, 5.74) is 5.77. The molecular formula is C13H28N2O. The Morgan fingerprint density at radius 3 is 2.31 bits per heavy atom. The Kier molecular flexibility index (Phi) is 8.26. The largest absolute Gasteiger partial charge is 0.352 e. The predicted octanol–water partition coefficient (Wildman–Crippen LogP) is 2.44. The highest BCUT2D eigenvalue weighted by atomic mass is 16.2. The van der Waals surface area contributed by atoms with Gasteiger partial charge in [0.2, 0.25) is 5.91 Å². The SMILES string of the molecule is CCCCCCC(C)NC(=O)[C@@H](N)C(C)C. The number of nitrogens with one attached hydrogen (secondary N) is 1. The molecule has 0 aliphatic heterocycles. The molecule has 0 aromatic rings. The van der Waals surface area contributed by atoms with E-state index in [2.05, 4.69) is 19.2 Å². The third kappa shape index (κ3) is 6.83. The zero-order chi connectivity index (χ0) is 12.6. The lowest BCUT2D eigenvalue weighted by molar-refractivity contribution is -0.123. The third-order valence-corrected chi connectivity index (χ3v) is 2.90. The second-order valence-electron chi connectivity index (χ2n) is 5.03. The van der Waals surface area contributed by atoms with Gasteiger partial charge < -0.3 is 11.1 Å². The molecule has 1 unspecified atom stereocenters. The average molecular weight is 228 g/mol. The van der Waals surface area contributed by atoms with Crippen LogP contribution in [0.15, 0.2) is 0 Å². The number of hydrogen-bond donors (Lipinski definition) is 2. The maximum Gasteiger partial charge on any atom is 0.237 e. The first-order valence-corrected chi connectivity index (χ1v) is 6.55. The molecule has 0 aliphatic rings. The molecule has 0 saturated heterocycles. The Morgan fingerprint density at radius 2 is 1.81 bits per heavy atom. The van der Waals surface area contributed by atoms with Gasteiger partial charge in [-0.25, -0.2) is 0 Å². The first-order chi connectivity index (χ1) is 7.49. The Labute approximate surface area is 100 Å². The number of unbranched alkanes of at least 4 members (excludes halogenated alkanes) is 3. The van der Waals surface area contributed by atoms with Crippen LogP contribution in [0.2, 0.25) is 0 Å². The van der Waals surface area contributed by atoms with Gasteiger partial charge in [0.05, 0.1) is 6.04 Å². The summed E-state index contributed by atoms with van der Waals surface area (Å²) >= 11 is 0. The lowest BCUT2D eigenvalue weighted by atomic mass is 10.0. The summed E-state index contributed by atoms with van der Waals surface area (Å²) in [6.45, 7) is 8.19. The Morgan fingerprint density at radius 1 is 1.19 bits per heavy atom. The standard InChI is InChI=1S/C13H28N2O/c1-5-6-7-8-9-11(4)15-13(16)12(14)10(2)3/h10-12H,5-9,14H2,1-4H3,(H,15,16)/t11?,12-/m0/s1. The topological polar surface area (TPSA) is 55.1 Å². The number of carbonyl (C=O) groups excluding carboxylic acids is 1. The number of carbonyl (C=O) groups is 1. The van der Waals surface area contributed by atoms with Gasteiger partial charge in [0, 0.05) is 6.04 Å². The molecule has 0 aromatic heterocycles. The molecule has 0 spiro atoms. The van der Waals surface area contributed by atoms with Crippen molar-refractivity contribution in [2.75, 3.05) is 0 Å². The molecule has 2 atom stereocenters. The van der Waals surface area contributed by atoms with Gasteiger partial charge in [-0.05, 0) is 19.3 Å². The highest BCUT2D eigenvalue weighted by Gasteiger charge is 2.18. The fourth-order valence-corrected chi connectivity index (χ4v) is 1.59. The Balaban J connectivity index is 3.69. The van der Waals surface area contributed by atoms with Crippen LogP contribution in [0.25, 0.3) is 0 Å². The van der Waals surface area contributed by atoms with Crippen LogP contribution in [0, 0.1) is 5.92 Å². The van der Waals surface area contributed by atoms with E-state index in [1.807, 2.05) is 13.8 Å². The maximum atomic E-state index is 11.6. The van der Waals surface area contributed by atoms with Crippen molar-refractivity contribution >= 4 is 5.91 Å². The summed E-state index contributed by atoms with van der Waals surface area (Å²) in [6.07, 6.45) is 6.03. The average Bonchev–Trinajstić information content (AvgIpc) is 2.23. The molecule has 3 heteroatoms. The summed E-state index contributed by atoms with van der Waals surface area (Å²) in [7, 11) is 0. The minimum atomic E-state index is -0.377. The molecule has 0 aliphatic carbocycles. The van der Waals surface area contributed by atoms with Crippen LogP contribution in [0.5, 0.6) is 0 Å². The summed E-state index contributed by atoms with van der Waals surface area (Å²) in [4.78, 5) is 11.6. The van der Waals surface area contributed by atoms with E-state index in [-0.39, 0.29) is 23.9 Å². The van der Waals surface area contributed by atoms with Gasteiger partial charge in [-0.2, -0.15) is 0 Å². The summed E-state index contributed by atoms with van der Waals surface area (Å²) in [5.74, 6) is 0.185. The monoisotopic (exact) mass is 228 g/mol. The molecule has 0 radical (unpaired) electrons. The van der Waals surface area contributed by atoms with Gasteiger partial charge in [0.25, 0.3) is 0 Å². The predicted molar refractivity (Wildman–Crippen MR) is 69.2 cm³/mol. The molecule has 96 valence electrons. The van der Waals surface area contributed by atoms with E-state index >= 15 is 0 Å². The van der Waals surface area contributed by atoms with Crippen molar-refractivity contribution < 1.29 is 4.79 Å². The normalized spacial score (nSPS) is 14.9. The first kappa shape index (κ1) is 15.4. The lowest BCUT2D eigenvalue weighted by Gasteiger charge is -2.19. The van der Waals surface area contributed by atoms with Crippen molar-refractivity contribution in [3.05, 3.63) is 0 Å². The molecule has 0 rings (SSSR count). The van der Waals surface area contributed by atoms with Crippen LogP contribution in [0.4, 0.5) is 0 Å². The van der Waals surface area contributed by atoms with Gasteiger partial charge in [-0.15, -0.1) is 0 Å². The summed E-state index contributed by atoms with van der Waals surface area (Å²) < 4.78 is 0. The van der Waals surface area contributed by atoms with Crippen LogP contribution < -0.4 is 11.1 Å². The molecular weight excluding hydrogens is 200 g/mol. The Hall–Kier alpha value is -0.570. The summed E-state index contributed by atoms with van der Waals surface area (Å²) in [6, 6.07) is -0.132. The molecule has 0 fully saturated rings. The van der Waals surface area contributed by atoms with E-state index in [1.54, 1.807) is 0 Å². The van der Waals surface area contributed by atoms with E-state index < -0.39 is 0 Å². The lowest BCUT2D eigenvalue weighted by Crippen LogP contribution is -2.47. The van der Waals surface area contributed by atoms with Gasteiger partial charge >= 0.3 is 0 Å². The van der Waals surface area contributed by atoms with Crippen molar-refractivity contribution in [1.29, 1.82) is 0 Å². The highest BCUT2D eigenvalue weighted by molar-refractivity contribution is 5.81. The van der Waals surface area contributed by atoms with Crippen molar-refractivity contribution in [3.63, 3.8) is 0 Å². The van der Waals surface area contributed by atoms with Gasteiger partial charge in [-0.1, -0.05) is 46.5 Å². The smallest absolute Gasteiger partial charge is 0.237 e. The highest BCUT2D eigenvalue weighted by Crippen LogP contribution is 2.06. The van der Waals surface area contributed by atoms with Crippen molar-refractivity contribution in [2.24, 2.45) is 11.7 Å². The third-order valence-electron chi connectivity index (χ3n) is 2.90. The van der Waals surface area contributed by atoms with Crippen LogP contribution in [-0.4, -0.2) is 18.0 Å². The molecule has 1 amide bonds. The molecule has 0 aromatic carbocycles. The number of hydrogen-bond acceptors (Lipinski definition) is 2. The van der Waals surface area contributed by atoms with Crippen LogP contribution in [0.1, 0.15) is 59.8 Å². The van der Waals surface area contributed by atoms with Crippen LogP contribution in [0.3, 0.4) is 0 Å². The number of rotatable bonds is 8. The van der Waals surface area contributed by atoms with E-state index in [0.29, 0.717) is 0 Å². The molecule has 0 saturated carbocycles. The molecule has 16 heavy (non-hydrogen) atoms. The summed E-state index contributed by atoms with van der Waals surface area (Å²) in [5, 5.41) is 2.97. The first-order valence-electron chi connectivity index (χ1n) is 6.55. The van der Waals surface area contributed by atoms with Crippen molar-refractivity contribution in [1.82, 2.24) is 5.32 Å². The number of amides is 1. The van der Waals surface area contributed by atoms with Crippen LogP contribution >= 0.6 is 0 Å². The van der Waals surface area contributed by atoms with E-state index in [9.17, 15) is 4.79 Å². The molecule has 3 N–H and O–H groups in total. The van der Waals surface area contributed by atoms with Gasteiger partial charge in [0.15, 0.2) is 0 Å². The Bertz CT molecular complexity index is 192. The van der Waals surface area contributed by atoms with Gasteiger partial charge in [-0.3, -0.25) is 4.79 Å². The minimum absolute atomic E-state index is 0.0157. The van der Waals surface area contributed by atoms with Gasteiger partial charge in [0.1, 0.15) is 0 Å². The quantitative estimate of drug-likeness (QED) is 0.627. The van der Waals surface area contributed by atoms with E-state index in [0.717, 1.165) is 6.42 Å². The maximum absolute atomic E-state index is 11.6. The zero-order valence-electron chi connectivity index (χ0n) is 11.3. The van der Waals surface area contributed by atoms with Crippen LogP contribution in [-0.2, 0) is 4.79 Å². The van der Waals surface area contributed by atoms with Crippen molar-refractivity contribution in [3.8, 4) is 0 Å². The molecule has 0 heterocycles. The fraction of sp³-hybridized carbons (Fsp3) is 0.923. The molecule has 0 bridgehead atoms. The molecule has 3 nitrogen and oxygen atoms in total. The van der Waals surface area contributed by atoms with E-state index in [1.165, 1.54) is 25.7 Å².